The van der Waals surface area contributed by atoms with Gasteiger partial charge in [0.1, 0.15) is 0 Å². The molecular formula is C19H25NO3S. The second kappa shape index (κ2) is 8.42. The molecule has 0 aliphatic carbocycles. The van der Waals surface area contributed by atoms with Gasteiger partial charge in [-0.1, -0.05) is 55.0 Å². The van der Waals surface area contributed by atoms with Crippen LogP contribution < -0.4 is 4.72 Å². The van der Waals surface area contributed by atoms with E-state index >= 15 is 0 Å². The molecule has 0 aromatic heterocycles. The Hall–Kier alpha value is -1.69. The Balaban J connectivity index is 2.18. The fourth-order valence-corrected chi connectivity index (χ4v) is 3.82. The molecule has 0 heterocycles. The van der Waals surface area contributed by atoms with Crippen molar-refractivity contribution in [3.63, 3.8) is 0 Å². The number of nitrogens with one attached hydrogen (secondary N) is 1. The average Bonchev–Trinajstić information content (AvgIpc) is 2.55. The fourth-order valence-electron chi connectivity index (χ4n) is 2.57. The molecule has 2 rings (SSSR count). The van der Waals surface area contributed by atoms with Gasteiger partial charge in [0.15, 0.2) is 0 Å². The van der Waals surface area contributed by atoms with Gasteiger partial charge in [0.05, 0.1) is 11.0 Å². The van der Waals surface area contributed by atoms with Gasteiger partial charge in [0.2, 0.25) is 10.0 Å². The van der Waals surface area contributed by atoms with Crippen molar-refractivity contribution in [2.45, 2.75) is 50.2 Å². The van der Waals surface area contributed by atoms with Crippen molar-refractivity contribution in [3.05, 3.63) is 65.7 Å². The third-order valence-corrected chi connectivity index (χ3v) is 5.54. The molecule has 0 fully saturated rings. The topological polar surface area (TPSA) is 66.4 Å². The zero-order chi connectivity index (χ0) is 17.6. The largest absolute Gasteiger partial charge is 0.393 e. The molecule has 2 aromatic rings. The summed E-state index contributed by atoms with van der Waals surface area (Å²) in [4.78, 5) is 0.247. The standard InChI is InChI=1S/C19H25NO3S/c1-3-18(21)14-17(13-16-7-5-4-6-8-16)20-24(22,23)19-11-9-15(2)10-12-19/h4-12,17-18,20-21H,3,13-14H2,1-2H3/t17-,18-/m0/s1. The monoisotopic (exact) mass is 347 g/mol. The Kier molecular flexibility index (Phi) is 6.54. The van der Waals surface area contributed by atoms with Gasteiger partial charge in [-0.2, -0.15) is 0 Å². The van der Waals surface area contributed by atoms with Crippen LogP contribution in [-0.4, -0.2) is 25.7 Å². The van der Waals surface area contributed by atoms with Crippen molar-refractivity contribution in [1.82, 2.24) is 4.72 Å². The number of hydrogen-bond donors (Lipinski definition) is 2. The van der Waals surface area contributed by atoms with Crippen molar-refractivity contribution >= 4 is 10.0 Å². The Labute approximate surface area is 144 Å². The van der Waals surface area contributed by atoms with Crippen molar-refractivity contribution in [2.24, 2.45) is 0 Å². The SMILES string of the molecule is CC[C@H](O)C[C@H](Cc1ccccc1)NS(=O)(=O)c1ccc(C)cc1. The van der Waals surface area contributed by atoms with Crippen molar-refractivity contribution < 1.29 is 13.5 Å². The molecule has 2 atom stereocenters. The van der Waals surface area contributed by atoms with Crippen LogP contribution in [0.2, 0.25) is 0 Å². The summed E-state index contributed by atoms with van der Waals surface area (Å²) in [5.74, 6) is 0. The molecule has 0 bridgehead atoms. The summed E-state index contributed by atoms with van der Waals surface area (Å²) in [6, 6.07) is 16.1. The third kappa shape index (κ3) is 5.44. The fraction of sp³-hybridized carbons (Fsp3) is 0.368. The predicted molar refractivity (Wildman–Crippen MR) is 96.3 cm³/mol. The van der Waals surface area contributed by atoms with Crippen LogP contribution in [0, 0.1) is 6.92 Å². The Bertz CT molecular complexity index is 727. The summed E-state index contributed by atoms with van der Waals surface area (Å²) in [6.07, 6.45) is 0.997. The van der Waals surface area contributed by atoms with E-state index in [1.165, 1.54) is 0 Å². The Morgan fingerprint density at radius 1 is 1.04 bits per heavy atom. The molecule has 0 saturated heterocycles. The maximum absolute atomic E-state index is 12.6. The van der Waals surface area contributed by atoms with Crippen LogP contribution in [0.1, 0.15) is 30.9 Å². The Morgan fingerprint density at radius 3 is 2.25 bits per heavy atom. The summed E-state index contributed by atoms with van der Waals surface area (Å²) in [7, 11) is -3.61. The molecule has 0 radical (unpaired) electrons. The quantitative estimate of drug-likeness (QED) is 0.771. The summed E-state index contributed by atoms with van der Waals surface area (Å²) in [6.45, 7) is 3.80. The summed E-state index contributed by atoms with van der Waals surface area (Å²) in [5.41, 5.74) is 2.05. The first-order valence-electron chi connectivity index (χ1n) is 8.21. The second-order valence-corrected chi connectivity index (χ2v) is 7.83. The number of aliphatic hydroxyl groups is 1. The van der Waals surface area contributed by atoms with E-state index in [4.69, 9.17) is 0 Å². The second-order valence-electron chi connectivity index (χ2n) is 6.12. The van der Waals surface area contributed by atoms with Crippen LogP contribution in [0.4, 0.5) is 0 Å². The normalized spacial score (nSPS) is 14.3. The van der Waals surface area contributed by atoms with Crippen LogP contribution in [-0.2, 0) is 16.4 Å². The first-order valence-corrected chi connectivity index (χ1v) is 9.70. The predicted octanol–water partition coefficient (Wildman–Crippen LogP) is 3.05. The molecule has 130 valence electrons. The molecule has 0 unspecified atom stereocenters. The van der Waals surface area contributed by atoms with Gasteiger partial charge in [0.25, 0.3) is 0 Å². The number of benzene rings is 2. The maximum Gasteiger partial charge on any atom is 0.240 e. The van der Waals surface area contributed by atoms with Crippen LogP contribution in [0.3, 0.4) is 0 Å². The highest BCUT2D eigenvalue weighted by atomic mass is 32.2. The maximum atomic E-state index is 12.6. The number of aryl methyl sites for hydroxylation is 1. The van der Waals surface area contributed by atoms with Gasteiger partial charge in [-0.15, -0.1) is 0 Å². The lowest BCUT2D eigenvalue weighted by molar-refractivity contribution is 0.149. The molecule has 0 aliphatic heterocycles. The first kappa shape index (κ1) is 18.6. The number of hydrogen-bond acceptors (Lipinski definition) is 3. The van der Waals surface area contributed by atoms with Crippen LogP contribution in [0.15, 0.2) is 59.5 Å². The van der Waals surface area contributed by atoms with E-state index in [2.05, 4.69) is 4.72 Å². The van der Waals surface area contributed by atoms with E-state index in [1.807, 2.05) is 44.2 Å². The van der Waals surface area contributed by atoms with Gasteiger partial charge in [0, 0.05) is 6.04 Å². The average molecular weight is 347 g/mol. The smallest absolute Gasteiger partial charge is 0.240 e. The molecule has 0 saturated carbocycles. The van der Waals surface area contributed by atoms with Crippen LogP contribution in [0.25, 0.3) is 0 Å². The van der Waals surface area contributed by atoms with Gasteiger partial charge in [-0.25, -0.2) is 13.1 Å². The molecule has 2 N–H and O–H groups in total. The highest BCUT2D eigenvalue weighted by Crippen LogP contribution is 2.15. The summed E-state index contributed by atoms with van der Waals surface area (Å²) >= 11 is 0. The van der Waals surface area contributed by atoms with E-state index in [9.17, 15) is 13.5 Å². The van der Waals surface area contributed by atoms with E-state index in [0.717, 1.165) is 11.1 Å². The third-order valence-electron chi connectivity index (χ3n) is 4.01. The zero-order valence-corrected chi connectivity index (χ0v) is 15.0. The van der Waals surface area contributed by atoms with Crippen LogP contribution in [0.5, 0.6) is 0 Å². The zero-order valence-electron chi connectivity index (χ0n) is 14.1. The lowest BCUT2D eigenvalue weighted by Crippen LogP contribution is -2.38. The van der Waals surface area contributed by atoms with E-state index in [0.29, 0.717) is 19.3 Å². The van der Waals surface area contributed by atoms with Gasteiger partial charge in [-0.3, -0.25) is 0 Å². The molecule has 24 heavy (non-hydrogen) atoms. The first-order chi connectivity index (χ1) is 11.4. The molecule has 4 nitrogen and oxygen atoms in total. The van der Waals surface area contributed by atoms with Gasteiger partial charge < -0.3 is 5.11 Å². The molecule has 0 aliphatic rings. The van der Waals surface area contributed by atoms with E-state index in [1.54, 1.807) is 24.3 Å². The lowest BCUT2D eigenvalue weighted by Gasteiger charge is -2.21. The molecule has 0 spiro atoms. The van der Waals surface area contributed by atoms with Gasteiger partial charge in [-0.05, 0) is 43.9 Å². The highest BCUT2D eigenvalue weighted by Gasteiger charge is 2.22. The molecular weight excluding hydrogens is 322 g/mol. The molecule has 2 aromatic carbocycles. The minimum Gasteiger partial charge on any atom is -0.393 e. The number of aliphatic hydroxyl groups excluding tert-OH is 1. The molecule has 5 heteroatoms. The van der Waals surface area contributed by atoms with Crippen molar-refractivity contribution in [1.29, 1.82) is 0 Å². The minimum atomic E-state index is -3.61. The van der Waals surface area contributed by atoms with Crippen LogP contribution >= 0.6 is 0 Å². The lowest BCUT2D eigenvalue weighted by atomic mass is 10.0. The molecule has 0 amide bonds. The summed E-state index contributed by atoms with van der Waals surface area (Å²) < 4.78 is 28.0. The van der Waals surface area contributed by atoms with Crippen molar-refractivity contribution in [3.8, 4) is 0 Å². The number of sulfonamides is 1. The minimum absolute atomic E-state index is 0.247. The summed E-state index contributed by atoms with van der Waals surface area (Å²) in [5, 5.41) is 9.98. The van der Waals surface area contributed by atoms with Gasteiger partial charge >= 0.3 is 0 Å². The number of rotatable bonds is 8. The highest BCUT2D eigenvalue weighted by molar-refractivity contribution is 7.89. The van der Waals surface area contributed by atoms with E-state index in [-0.39, 0.29) is 10.9 Å². The Morgan fingerprint density at radius 2 is 1.67 bits per heavy atom. The van der Waals surface area contributed by atoms with Crippen molar-refractivity contribution in [2.75, 3.05) is 0 Å². The van der Waals surface area contributed by atoms with E-state index < -0.39 is 16.1 Å².